The van der Waals surface area contributed by atoms with Gasteiger partial charge in [-0.3, -0.25) is 4.79 Å². The van der Waals surface area contributed by atoms with Gasteiger partial charge in [-0.2, -0.15) is 5.26 Å². The van der Waals surface area contributed by atoms with Crippen LogP contribution >= 0.6 is 0 Å². The molecule has 2 aliphatic heterocycles. The standard InChI is InChI=1S/C17H11N3O2/c18-10-11-7-8-14(13-5-2-1-4-12(11)13)20-16(21)15-6-3-9-19(15)17(20)22/h1-8,15H,9H2/t15-/m0/s1. The maximum atomic E-state index is 12.5. The van der Waals surface area contributed by atoms with Gasteiger partial charge in [0.05, 0.1) is 17.3 Å². The van der Waals surface area contributed by atoms with E-state index in [-0.39, 0.29) is 11.9 Å². The van der Waals surface area contributed by atoms with Crippen LogP contribution in [0.1, 0.15) is 5.56 Å². The minimum atomic E-state index is -0.498. The lowest BCUT2D eigenvalue weighted by atomic mass is 10.0. The van der Waals surface area contributed by atoms with E-state index in [0.717, 1.165) is 10.8 Å². The molecule has 0 radical (unpaired) electrons. The van der Waals surface area contributed by atoms with Crippen molar-refractivity contribution in [2.45, 2.75) is 6.04 Å². The van der Waals surface area contributed by atoms with Crippen LogP contribution in [-0.4, -0.2) is 29.4 Å². The highest BCUT2D eigenvalue weighted by Crippen LogP contribution is 2.34. The Labute approximate surface area is 126 Å². The Morgan fingerprint density at radius 1 is 1.09 bits per heavy atom. The third-order valence-electron chi connectivity index (χ3n) is 4.13. The van der Waals surface area contributed by atoms with Crippen LogP contribution in [0, 0.1) is 11.3 Å². The highest BCUT2D eigenvalue weighted by Gasteiger charge is 2.46. The SMILES string of the molecule is N#Cc1ccc(N2C(=O)[C@@H]3C=CCN3C2=O)c2ccccc12. The Morgan fingerprint density at radius 2 is 1.86 bits per heavy atom. The molecule has 0 bridgehead atoms. The van der Waals surface area contributed by atoms with Crippen molar-refractivity contribution in [3.63, 3.8) is 0 Å². The number of benzene rings is 2. The second-order valence-corrected chi connectivity index (χ2v) is 5.27. The highest BCUT2D eigenvalue weighted by atomic mass is 16.2. The topological polar surface area (TPSA) is 64.4 Å². The smallest absolute Gasteiger partial charge is 0.305 e. The van der Waals surface area contributed by atoms with Crippen LogP contribution in [0.15, 0.2) is 48.6 Å². The van der Waals surface area contributed by atoms with Crippen LogP contribution in [0.2, 0.25) is 0 Å². The van der Waals surface area contributed by atoms with E-state index in [1.54, 1.807) is 18.2 Å². The largest absolute Gasteiger partial charge is 0.332 e. The van der Waals surface area contributed by atoms with Crippen molar-refractivity contribution in [3.05, 3.63) is 54.1 Å². The molecular weight excluding hydrogens is 278 g/mol. The zero-order chi connectivity index (χ0) is 15.3. The molecule has 2 aromatic carbocycles. The van der Waals surface area contributed by atoms with Gasteiger partial charge in [0.1, 0.15) is 6.04 Å². The third kappa shape index (κ3) is 1.52. The molecule has 4 rings (SSSR count). The molecule has 1 fully saturated rings. The van der Waals surface area contributed by atoms with Gasteiger partial charge < -0.3 is 4.90 Å². The second kappa shape index (κ2) is 4.43. The summed E-state index contributed by atoms with van der Waals surface area (Å²) in [6, 6.07) is 12.0. The van der Waals surface area contributed by atoms with Gasteiger partial charge in [-0.05, 0) is 12.1 Å². The molecule has 1 saturated heterocycles. The molecule has 22 heavy (non-hydrogen) atoms. The monoisotopic (exact) mass is 289 g/mol. The van der Waals surface area contributed by atoms with Crippen molar-refractivity contribution < 1.29 is 9.59 Å². The van der Waals surface area contributed by atoms with Crippen LogP contribution in [0.3, 0.4) is 0 Å². The number of amides is 3. The molecule has 1 atom stereocenters. The zero-order valence-electron chi connectivity index (χ0n) is 11.6. The average molecular weight is 289 g/mol. The number of anilines is 1. The molecule has 0 aliphatic carbocycles. The van der Waals surface area contributed by atoms with Crippen molar-refractivity contribution in [3.8, 4) is 6.07 Å². The Hall–Kier alpha value is -3.13. The summed E-state index contributed by atoms with van der Waals surface area (Å²) in [6.45, 7) is 0.458. The normalized spacial score (nSPS) is 19.9. The Morgan fingerprint density at radius 3 is 2.59 bits per heavy atom. The fourth-order valence-corrected chi connectivity index (χ4v) is 3.09. The quantitative estimate of drug-likeness (QED) is 0.598. The van der Waals surface area contributed by atoms with Crippen molar-refractivity contribution in [1.29, 1.82) is 5.26 Å². The number of imide groups is 1. The Bertz CT molecular complexity index is 894. The van der Waals surface area contributed by atoms with Gasteiger partial charge in [-0.15, -0.1) is 0 Å². The highest BCUT2D eigenvalue weighted by molar-refractivity contribution is 6.25. The van der Waals surface area contributed by atoms with Crippen LogP contribution in [0.25, 0.3) is 10.8 Å². The van der Waals surface area contributed by atoms with Crippen molar-refractivity contribution >= 4 is 28.4 Å². The molecule has 0 N–H and O–H groups in total. The molecule has 0 aromatic heterocycles. The number of urea groups is 1. The molecule has 2 aromatic rings. The number of hydrogen-bond acceptors (Lipinski definition) is 3. The van der Waals surface area contributed by atoms with E-state index in [1.165, 1.54) is 9.80 Å². The summed E-state index contributed by atoms with van der Waals surface area (Å²) >= 11 is 0. The van der Waals surface area contributed by atoms with Gasteiger partial charge in [-0.1, -0.05) is 36.4 Å². The molecule has 0 spiro atoms. The lowest BCUT2D eigenvalue weighted by Gasteiger charge is -2.17. The van der Waals surface area contributed by atoms with E-state index in [9.17, 15) is 14.9 Å². The van der Waals surface area contributed by atoms with E-state index >= 15 is 0 Å². The van der Waals surface area contributed by atoms with Crippen LogP contribution < -0.4 is 4.90 Å². The fraction of sp³-hybridized carbons (Fsp3) is 0.118. The summed E-state index contributed by atoms with van der Waals surface area (Å²) in [5, 5.41) is 10.7. The molecule has 2 aliphatic rings. The maximum absolute atomic E-state index is 12.5. The molecule has 3 amide bonds. The first-order chi connectivity index (χ1) is 10.7. The predicted molar refractivity (Wildman–Crippen MR) is 81.2 cm³/mol. The second-order valence-electron chi connectivity index (χ2n) is 5.27. The van der Waals surface area contributed by atoms with E-state index < -0.39 is 6.04 Å². The van der Waals surface area contributed by atoms with Gasteiger partial charge in [0, 0.05) is 17.3 Å². The van der Waals surface area contributed by atoms with Gasteiger partial charge in [0.2, 0.25) is 0 Å². The van der Waals surface area contributed by atoms with E-state index in [1.807, 2.05) is 30.3 Å². The van der Waals surface area contributed by atoms with E-state index in [0.29, 0.717) is 17.8 Å². The average Bonchev–Trinajstić information content (AvgIpc) is 3.11. The van der Waals surface area contributed by atoms with Crippen molar-refractivity contribution in [1.82, 2.24) is 4.90 Å². The minimum Gasteiger partial charge on any atom is -0.305 e. The van der Waals surface area contributed by atoms with Crippen molar-refractivity contribution in [2.75, 3.05) is 11.4 Å². The predicted octanol–water partition coefficient (Wildman–Crippen LogP) is 2.42. The third-order valence-corrected chi connectivity index (χ3v) is 4.13. The Balaban J connectivity index is 1.93. The van der Waals surface area contributed by atoms with Crippen LogP contribution in [0.4, 0.5) is 10.5 Å². The molecule has 2 heterocycles. The molecule has 0 unspecified atom stereocenters. The zero-order valence-corrected chi connectivity index (χ0v) is 11.6. The summed E-state index contributed by atoms with van der Waals surface area (Å²) in [4.78, 5) is 27.8. The summed E-state index contributed by atoms with van der Waals surface area (Å²) in [6.07, 6.45) is 3.58. The van der Waals surface area contributed by atoms with Gasteiger partial charge in [0.25, 0.3) is 5.91 Å². The summed E-state index contributed by atoms with van der Waals surface area (Å²) in [5.74, 6) is -0.242. The van der Waals surface area contributed by atoms with Crippen LogP contribution in [-0.2, 0) is 4.79 Å². The number of fused-ring (bicyclic) bond motifs is 2. The first kappa shape index (κ1) is 12.6. The number of carbonyl (C=O) groups excluding carboxylic acids is 2. The number of rotatable bonds is 1. The van der Waals surface area contributed by atoms with Crippen molar-refractivity contribution in [2.24, 2.45) is 0 Å². The lowest BCUT2D eigenvalue weighted by Crippen LogP contribution is -2.33. The number of nitrogens with zero attached hydrogens (tertiary/aromatic N) is 3. The number of nitriles is 1. The van der Waals surface area contributed by atoms with E-state index in [2.05, 4.69) is 6.07 Å². The van der Waals surface area contributed by atoms with Gasteiger partial charge >= 0.3 is 6.03 Å². The molecule has 5 nitrogen and oxygen atoms in total. The lowest BCUT2D eigenvalue weighted by molar-refractivity contribution is -0.118. The molecule has 106 valence electrons. The van der Waals surface area contributed by atoms with Gasteiger partial charge in [-0.25, -0.2) is 9.69 Å². The minimum absolute atomic E-state index is 0.242. The molecule has 0 saturated carbocycles. The fourth-order valence-electron chi connectivity index (χ4n) is 3.09. The summed E-state index contributed by atoms with van der Waals surface area (Å²) in [5.41, 5.74) is 1.06. The number of hydrogen-bond donors (Lipinski definition) is 0. The van der Waals surface area contributed by atoms with Crippen LogP contribution in [0.5, 0.6) is 0 Å². The van der Waals surface area contributed by atoms with E-state index in [4.69, 9.17) is 0 Å². The molecule has 5 heteroatoms. The van der Waals surface area contributed by atoms with Gasteiger partial charge in [0.15, 0.2) is 0 Å². The maximum Gasteiger partial charge on any atom is 0.332 e. The number of carbonyl (C=O) groups is 2. The summed E-state index contributed by atoms with van der Waals surface area (Å²) < 4.78 is 0. The first-order valence-electron chi connectivity index (χ1n) is 6.95. The summed E-state index contributed by atoms with van der Waals surface area (Å²) in [7, 11) is 0. The Kier molecular flexibility index (Phi) is 2.54. The molecular formula is C17H11N3O2. The first-order valence-corrected chi connectivity index (χ1v) is 6.95.